The summed E-state index contributed by atoms with van der Waals surface area (Å²) in [4.78, 5) is 26.6. The van der Waals surface area contributed by atoms with Gasteiger partial charge in [0, 0.05) is 0 Å². The van der Waals surface area contributed by atoms with Crippen molar-refractivity contribution in [1.29, 1.82) is 0 Å². The average Bonchev–Trinajstić information content (AvgIpc) is 3.08. The van der Waals surface area contributed by atoms with Crippen LogP contribution in [0, 0.1) is 13.8 Å². The number of thioether (sulfide) groups is 1. The number of ether oxygens (including phenoxy) is 2. The number of carbonyl (C=O) groups is 2. The lowest BCUT2D eigenvalue weighted by molar-refractivity contribution is -0.123. The number of hydrogen-bond acceptors (Lipinski definition) is 5. The van der Waals surface area contributed by atoms with Crippen molar-refractivity contribution in [2.75, 3.05) is 13.2 Å². The monoisotopic (exact) mass is 459 g/mol. The molecule has 0 aromatic heterocycles. The van der Waals surface area contributed by atoms with E-state index in [1.54, 1.807) is 6.08 Å². The van der Waals surface area contributed by atoms with Crippen LogP contribution in [0.5, 0.6) is 11.5 Å². The number of benzene rings is 3. The van der Waals surface area contributed by atoms with E-state index in [9.17, 15) is 9.59 Å². The Morgan fingerprint density at radius 1 is 0.788 bits per heavy atom. The molecule has 1 heterocycles. The van der Waals surface area contributed by atoms with E-state index in [1.807, 2.05) is 67.6 Å². The van der Waals surface area contributed by atoms with E-state index in [0.717, 1.165) is 34.2 Å². The maximum atomic E-state index is 12.7. The molecule has 6 heteroatoms. The van der Waals surface area contributed by atoms with Crippen LogP contribution >= 0.6 is 11.8 Å². The molecule has 0 aliphatic carbocycles. The summed E-state index contributed by atoms with van der Waals surface area (Å²) in [5.74, 6) is 1.17. The van der Waals surface area contributed by atoms with Gasteiger partial charge in [0.2, 0.25) is 0 Å². The second-order valence-corrected chi connectivity index (χ2v) is 8.83. The van der Waals surface area contributed by atoms with Gasteiger partial charge in [0.1, 0.15) is 24.7 Å². The van der Waals surface area contributed by atoms with Crippen LogP contribution in [0.25, 0.3) is 6.08 Å². The third kappa shape index (κ3) is 6.05. The van der Waals surface area contributed by atoms with Crippen LogP contribution < -0.4 is 9.47 Å². The van der Waals surface area contributed by atoms with Crippen LogP contribution in [0.3, 0.4) is 0 Å². The molecule has 0 N–H and O–H groups in total. The number of hydrogen-bond donors (Lipinski definition) is 0. The molecule has 0 atom stereocenters. The van der Waals surface area contributed by atoms with Crippen molar-refractivity contribution >= 4 is 29.0 Å². The highest BCUT2D eigenvalue weighted by Crippen LogP contribution is 2.32. The van der Waals surface area contributed by atoms with Crippen molar-refractivity contribution in [2.24, 2.45) is 0 Å². The Morgan fingerprint density at radius 2 is 1.36 bits per heavy atom. The van der Waals surface area contributed by atoms with Gasteiger partial charge in [-0.05, 0) is 67.1 Å². The number of amides is 2. The highest BCUT2D eigenvalue weighted by molar-refractivity contribution is 8.18. The Kier molecular flexibility index (Phi) is 7.15. The summed E-state index contributed by atoms with van der Waals surface area (Å²) in [6.45, 7) is 5.01. The molecule has 2 amide bonds. The lowest BCUT2D eigenvalue weighted by Crippen LogP contribution is -2.32. The average molecular weight is 460 g/mol. The molecule has 4 rings (SSSR count). The molecule has 33 heavy (non-hydrogen) atoms. The second-order valence-electron chi connectivity index (χ2n) is 7.84. The van der Waals surface area contributed by atoms with E-state index in [0.29, 0.717) is 17.3 Å². The van der Waals surface area contributed by atoms with E-state index in [-0.39, 0.29) is 24.3 Å². The second kappa shape index (κ2) is 10.4. The fraction of sp³-hybridized carbons (Fsp3) is 0.185. The third-order valence-electron chi connectivity index (χ3n) is 5.18. The molecule has 0 radical (unpaired) electrons. The van der Waals surface area contributed by atoms with Crippen molar-refractivity contribution in [3.8, 4) is 11.5 Å². The highest BCUT2D eigenvalue weighted by atomic mass is 32.2. The predicted octanol–water partition coefficient (Wildman–Crippen LogP) is 6.00. The zero-order chi connectivity index (χ0) is 23.2. The normalized spacial score (nSPS) is 14.7. The lowest BCUT2D eigenvalue weighted by atomic mass is 10.1. The van der Waals surface area contributed by atoms with Crippen LogP contribution in [-0.4, -0.2) is 29.2 Å². The number of nitrogens with zero attached hydrogens (tertiary/aromatic N) is 1. The Balaban J connectivity index is 1.31. The molecule has 0 spiro atoms. The van der Waals surface area contributed by atoms with Crippen molar-refractivity contribution in [2.45, 2.75) is 20.5 Å². The Labute approximate surface area is 198 Å². The van der Waals surface area contributed by atoms with E-state index >= 15 is 0 Å². The summed E-state index contributed by atoms with van der Waals surface area (Å²) in [5.41, 5.74) is 4.29. The number of rotatable bonds is 8. The molecular weight excluding hydrogens is 434 g/mol. The van der Waals surface area contributed by atoms with E-state index < -0.39 is 0 Å². The predicted molar refractivity (Wildman–Crippen MR) is 131 cm³/mol. The molecule has 3 aromatic carbocycles. The topological polar surface area (TPSA) is 55.8 Å². The summed E-state index contributed by atoms with van der Waals surface area (Å²) in [6.07, 6.45) is 1.73. The lowest BCUT2D eigenvalue weighted by Gasteiger charge is -2.13. The molecule has 1 aliphatic rings. The zero-order valence-electron chi connectivity index (χ0n) is 18.6. The molecule has 168 valence electrons. The summed E-state index contributed by atoms with van der Waals surface area (Å²) in [7, 11) is 0. The standard InChI is InChI=1S/C27H25NO4S/c1-19-3-7-22(8-4-19)18-32-24-13-9-21(10-14-24)17-25-26(29)28(27(30)33-25)15-16-31-23-11-5-20(2)6-12-23/h3-14,17H,15-16,18H2,1-2H3/b25-17-. The molecule has 1 fully saturated rings. The van der Waals surface area contributed by atoms with Crippen molar-refractivity contribution in [1.82, 2.24) is 4.90 Å². The first-order valence-electron chi connectivity index (χ1n) is 10.7. The van der Waals surface area contributed by atoms with Gasteiger partial charge in [0.25, 0.3) is 11.1 Å². The number of carbonyl (C=O) groups excluding carboxylic acids is 2. The van der Waals surface area contributed by atoms with Crippen molar-refractivity contribution < 1.29 is 19.1 Å². The first-order chi connectivity index (χ1) is 16.0. The molecule has 5 nitrogen and oxygen atoms in total. The van der Waals surface area contributed by atoms with Crippen molar-refractivity contribution in [3.05, 3.63) is 100.0 Å². The minimum Gasteiger partial charge on any atom is -0.492 e. The molecule has 0 unspecified atom stereocenters. The van der Waals surface area contributed by atoms with Gasteiger partial charge in [-0.1, -0.05) is 59.7 Å². The van der Waals surface area contributed by atoms with Crippen LogP contribution in [-0.2, 0) is 11.4 Å². The van der Waals surface area contributed by atoms with Gasteiger partial charge >= 0.3 is 0 Å². The maximum Gasteiger partial charge on any atom is 0.293 e. The van der Waals surface area contributed by atoms with Crippen LogP contribution in [0.4, 0.5) is 4.79 Å². The van der Waals surface area contributed by atoms with Gasteiger partial charge in [-0.15, -0.1) is 0 Å². The van der Waals surface area contributed by atoms with Gasteiger partial charge in [0.15, 0.2) is 0 Å². The van der Waals surface area contributed by atoms with E-state index in [1.165, 1.54) is 10.5 Å². The summed E-state index contributed by atoms with van der Waals surface area (Å²) >= 11 is 0.949. The first-order valence-corrected chi connectivity index (χ1v) is 11.5. The summed E-state index contributed by atoms with van der Waals surface area (Å²) in [5, 5.41) is -0.281. The van der Waals surface area contributed by atoms with Crippen LogP contribution in [0.1, 0.15) is 22.3 Å². The Hall–Kier alpha value is -3.51. The minimum absolute atomic E-state index is 0.210. The van der Waals surface area contributed by atoms with E-state index in [4.69, 9.17) is 9.47 Å². The van der Waals surface area contributed by atoms with Crippen LogP contribution in [0.15, 0.2) is 77.7 Å². The van der Waals surface area contributed by atoms with Gasteiger partial charge in [-0.3, -0.25) is 14.5 Å². The molecule has 0 bridgehead atoms. The first kappa shape index (κ1) is 22.7. The highest BCUT2D eigenvalue weighted by Gasteiger charge is 2.34. The smallest absolute Gasteiger partial charge is 0.293 e. The zero-order valence-corrected chi connectivity index (χ0v) is 19.4. The summed E-state index contributed by atoms with van der Waals surface area (Å²) < 4.78 is 11.5. The minimum atomic E-state index is -0.294. The van der Waals surface area contributed by atoms with Crippen LogP contribution in [0.2, 0.25) is 0 Å². The van der Waals surface area contributed by atoms with Gasteiger partial charge in [-0.25, -0.2) is 0 Å². The molecule has 1 aliphatic heterocycles. The van der Waals surface area contributed by atoms with Gasteiger partial charge in [0.05, 0.1) is 11.4 Å². The fourth-order valence-corrected chi connectivity index (χ4v) is 4.11. The van der Waals surface area contributed by atoms with Gasteiger partial charge in [-0.2, -0.15) is 0 Å². The summed E-state index contributed by atoms with van der Waals surface area (Å²) in [6, 6.07) is 23.3. The molecule has 1 saturated heterocycles. The number of aryl methyl sites for hydroxylation is 2. The van der Waals surface area contributed by atoms with E-state index in [2.05, 4.69) is 19.1 Å². The Morgan fingerprint density at radius 3 is 2.03 bits per heavy atom. The Bertz CT molecular complexity index is 1150. The number of imide groups is 1. The molecule has 0 saturated carbocycles. The quantitative estimate of drug-likeness (QED) is 0.387. The van der Waals surface area contributed by atoms with Gasteiger partial charge < -0.3 is 9.47 Å². The SMILES string of the molecule is Cc1ccc(COc2ccc(/C=C3\SC(=O)N(CCOc4ccc(C)cc4)C3=O)cc2)cc1. The molecular formula is C27H25NO4S. The van der Waals surface area contributed by atoms with Crippen molar-refractivity contribution in [3.63, 3.8) is 0 Å². The third-order valence-corrected chi connectivity index (χ3v) is 6.09. The largest absolute Gasteiger partial charge is 0.492 e. The maximum absolute atomic E-state index is 12.7. The fourth-order valence-electron chi connectivity index (χ4n) is 3.24. The molecule has 3 aromatic rings.